The molecule has 2 aliphatic rings. The van der Waals surface area contributed by atoms with Crippen molar-refractivity contribution in [1.29, 1.82) is 0 Å². The summed E-state index contributed by atoms with van der Waals surface area (Å²) >= 11 is 0. The van der Waals surface area contributed by atoms with Gasteiger partial charge in [-0.1, -0.05) is 91.0 Å². The average molecular weight is 521 g/mol. The summed E-state index contributed by atoms with van der Waals surface area (Å²) in [6, 6.07) is 29.4. The van der Waals surface area contributed by atoms with Crippen LogP contribution in [-0.4, -0.2) is 64.2 Å². The zero-order valence-electron chi connectivity index (χ0n) is 21.3. The maximum Gasteiger partial charge on any atom is 0.122 e. The quantitative estimate of drug-likeness (QED) is 0.377. The highest BCUT2D eigenvalue weighted by Crippen LogP contribution is 2.43. The van der Waals surface area contributed by atoms with E-state index in [1.807, 2.05) is 91.0 Å². The number of hydrogen-bond acceptors (Lipinski definition) is 7. The second-order valence-electron chi connectivity index (χ2n) is 10.2. The monoisotopic (exact) mass is 520 g/mol. The van der Waals surface area contributed by atoms with E-state index >= 15 is 0 Å². The van der Waals surface area contributed by atoms with Crippen LogP contribution >= 0.6 is 0 Å². The molecule has 3 aromatic rings. The van der Waals surface area contributed by atoms with Crippen LogP contribution in [-0.2, 0) is 38.8 Å². The van der Waals surface area contributed by atoms with Gasteiger partial charge in [0.05, 0.1) is 44.7 Å². The summed E-state index contributed by atoms with van der Waals surface area (Å²) in [6.07, 6.45) is -4.90. The third-order valence-electron chi connectivity index (χ3n) is 7.44. The van der Waals surface area contributed by atoms with Gasteiger partial charge in [0.25, 0.3) is 0 Å². The Bertz CT molecular complexity index is 1110. The van der Waals surface area contributed by atoms with Crippen LogP contribution in [0.1, 0.15) is 29.5 Å². The van der Waals surface area contributed by atoms with E-state index in [-0.39, 0.29) is 26.1 Å². The van der Waals surface area contributed by atoms with Crippen LogP contribution in [0.15, 0.2) is 91.0 Å². The van der Waals surface area contributed by atoms with Gasteiger partial charge >= 0.3 is 0 Å². The fourth-order valence-electron chi connectivity index (χ4n) is 5.39. The first-order valence-corrected chi connectivity index (χ1v) is 13.2. The van der Waals surface area contributed by atoms with Gasteiger partial charge in [0, 0.05) is 12.8 Å². The molecule has 1 saturated heterocycles. The zero-order valence-corrected chi connectivity index (χ0v) is 21.3. The number of ether oxygens (including phenoxy) is 4. The van der Waals surface area contributed by atoms with E-state index in [2.05, 4.69) is 0 Å². The van der Waals surface area contributed by atoms with E-state index in [1.165, 1.54) is 0 Å². The molecule has 202 valence electrons. The topological polar surface area (TPSA) is 97.6 Å². The first kappa shape index (κ1) is 27.0. The Labute approximate surface area is 223 Å². The van der Waals surface area contributed by atoms with Crippen LogP contribution < -0.4 is 0 Å². The molecule has 38 heavy (non-hydrogen) atoms. The molecule has 7 atom stereocenters. The second kappa shape index (κ2) is 12.5. The molecule has 1 heterocycles. The van der Waals surface area contributed by atoms with Crippen molar-refractivity contribution in [3.63, 3.8) is 0 Å². The molecule has 1 aliphatic heterocycles. The third-order valence-corrected chi connectivity index (χ3v) is 7.44. The molecular weight excluding hydrogens is 484 g/mol. The van der Waals surface area contributed by atoms with Crippen molar-refractivity contribution in [2.45, 2.75) is 74.9 Å². The fourth-order valence-corrected chi connectivity index (χ4v) is 5.39. The van der Waals surface area contributed by atoms with Crippen molar-refractivity contribution in [1.82, 2.24) is 0 Å². The average Bonchev–Trinajstić information content (AvgIpc) is 2.94. The Hall–Kier alpha value is -2.62. The summed E-state index contributed by atoms with van der Waals surface area (Å²) in [5.74, 6) is 0. The van der Waals surface area contributed by atoms with Gasteiger partial charge in [0.2, 0.25) is 0 Å². The van der Waals surface area contributed by atoms with Crippen molar-refractivity contribution in [3.8, 4) is 0 Å². The Kier molecular flexibility index (Phi) is 8.86. The van der Waals surface area contributed by atoms with E-state index < -0.39 is 42.2 Å². The van der Waals surface area contributed by atoms with Crippen LogP contribution in [0.2, 0.25) is 0 Å². The normalized spacial score (nSPS) is 31.0. The highest BCUT2D eigenvalue weighted by atomic mass is 16.6. The van der Waals surface area contributed by atoms with Gasteiger partial charge in [-0.15, -0.1) is 0 Å². The van der Waals surface area contributed by atoms with Gasteiger partial charge in [0.1, 0.15) is 23.9 Å². The lowest BCUT2D eigenvalue weighted by molar-refractivity contribution is -0.322. The van der Waals surface area contributed by atoms with Crippen LogP contribution in [0.5, 0.6) is 0 Å². The van der Waals surface area contributed by atoms with E-state index in [1.54, 1.807) is 0 Å². The van der Waals surface area contributed by atoms with Crippen LogP contribution in [0.25, 0.3) is 0 Å². The van der Waals surface area contributed by atoms with E-state index in [0.717, 1.165) is 16.7 Å². The van der Waals surface area contributed by atoms with Gasteiger partial charge in [-0.3, -0.25) is 0 Å². The minimum atomic E-state index is -1.55. The smallest absolute Gasteiger partial charge is 0.122 e. The van der Waals surface area contributed by atoms with Crippen LogP contribution in [0.3, 0.4) is 0 Å². The third kappa shape index (κ3) is 6.33. The fraction of sp³-hybridized carbons (Fsp3) is 0.419. The van der Waals surface area contributed by atoms with Gasteiger partial charge in [-0.2, -0.15) is 0 Å². The van der Waals surface area contributed by atoms with E-state index in [0.29, 0.717) is 13.2 Å². The summed E-state index contributed by atoms with van der Waals surface area (Å²) in [6.45, 7) is 1.16. The van der Waals surface area contributed by atoms with Gasteiger partial charge in [-0.05, 0) is 16.7 Å². The summed E-state index contributed by atoms with van der Waals surface area (Å²) < 4.78 is 25.3. The van der Waals surface area contributed by atoms with Crippen molar-refractivity contribution < 1.29 is 34.3 Å². The lowest BCUT2D eigenvalue weighted by atomic mass is 9.71. The van der Waals surface area contributed by atoms with E-state index in [4.69, 9.17) is 18.9 Å². The minimum absolute atomic E-state index is 0.0823. The Morgan fingerprint density at radius 1 is 0.711 bits per heavy atom. The highest BCUT2D eigenvalue weighted by Gasteiger charge is 2.60. The number of benzene rings is 3. The molecule has 2 fully saturated rings. The number of hydrogen-bond donors (Lipinski definition) is 3. The van der Waals surface area contributed by atoms with Crippen LogP contribution in [0, 0.1) is 0 Å². The second-order valence-corrected chi connectivity index (χ2v) is 10.2. The number of rotatable bonds is 10. The first-order valence-electron chi connectivity index (χ1n) is 13.2. The Balaban J connectivity index is 1.40. The van der Waals surface area contributed by atoms with Crippen molar-refractivity contribution >= 4 is 0 Å². The number of fused-ring (bicyclic) bond motifs is 1. The van der Waals surface area contributed by atoms with E-state index in [9.17, 15) is 15.3 Å². The highest BCUT2D eigenvalue weighted by molar-refractivity contribution is 5.17. The maximum absolute atomic E-state index is 12.0. The van der Waals surface area contributed by atoms with Crippen molar-refractivity contribution in [2.75, 3.05) is 6.61 Å². The SMILES string of the molecule is O[C@@H]1CC2O[C@H](COCc3ccccc3)[C@@H](OCc3ccccc3)[C@H](OCc3ccccc3)[C@@]2(O)C[C@@H]1O. The van der Waals surface area contributed by atoms with Crippen molar-refractivity contribution in [2.24, 2.45) is 0 Å². The molecule has 0 bridgehead atoms. The van der Waals surface area contributed by atoms with Crippen molar-refractivity contribution in [3.05, 3.63) is 108 Å². The molecule has 5 rings (SSSR count). The summed E-state index contributed by atoms with van der Waals surface area (Å²) in [4.78, 5) is 0. The Morgan fingerprint density at radius 2 is 1.24 bits per heavy atom. The first-order chi connectivity index (χ1) is 18.5. The summed E-state index contributed by atoms with van der Waals surface area (Å²) in [7, 11) is 0. The molecule has 3 N–H and O–H groups in total. The molecule has 7 heteroatoms. The maximum atomic E-state index is 12.0. The van der Waals surface area contributed by atoms with Crippen LogP contribution in [0.4, 0.5) is 0 Å². The molecule has 3 aromatic carbocycles. The molecule has 0 radical (unpaired) electrons. The predicted molar refractivity (Wildman–Crippen MR) is 141 cm³/mol. The molecule has 1 saturated carbocycles. The minimum Gasteiger partial charge on any atom is -0.390 e. The zero-order chi connectivity index (χ0) is 26.4. The largest absolute Gasteiger partial charge is 0.390 e. The molecule has 0 spiro atoms. The summed E-state index contributed by atoms with van der Waals surface area (Å²) in [5, 5.41) is 32.9. The molecule has 7 nitrogen and oxygen atoms in total. The Morgan fingerprint density at radius 3 is 1.82 bits per heavy atom. The van der Waals surface area contributed by atoms with Gasteiger partial charge in [-0.25, -0.2) is 0 Å². The lowest BCUT2D eigenvalue weighted by Crippen LogP contribution is -2.71. The number of aliphatic hydroxyl groups is 3. The van der Waals surface area contributed by atoms with Gasteiger partial charge in [0.15, 0.2) is 0 Å². The molecular formula is C31H36O7. The standard InChI is InChI=1S/C31H36O7/c32-25-16-28-31(34,17-26(25)33)30(37-20-24-14-8-3-9-15-24)29(36-19-23-12-6-2-7-13-23)27(38-28)21-35-18-22-10-4-1-5-11-22/h1-15,25-30,32-34H,16-21H2/t25-,26+,27-,28?,29-,30+,31-/m1/s1. The molecule has 1 unspecified atom stereocenters. The summed E-state index contributed by atoms with van der Waals surface area (Å²) in [5.41, 5.74) is 1.42. The van der Waals surface area contributed by atoms with Gasteiger partial charge < -0.3 is 34.3 Å². The molecule has 0 amide bonds. The lowest BCUT2D eigenvalue weighted by Gasteiger charge is -2.55. The number of aliphatic hydroxyl groups excluding tert-OH is 2. The molecule has 0 aromatic heterocycles. The molecule has 1 aliphatic carbocycles. The predicted octanol–water partition coefficient (Wildman–Crippen LogP) is 3.39.